The Morgan fingerprint density at radius 1 is 1.54 bits per heavy atom. The van der Waals surface area contributed by atoms with Crippen molar-refractivity contribution in [3.05, 3.63) is 0 Å². The average Bonchev–Trinajstić information content (AvgIpc) is 1.81. The Morgan fingerprint density at radius 3 is 2.46 bits per heavy atom. The predicted molar refractivity (Wildman–Crippen MR) is 71.4 cm³/mol. The van der Waals surface area contributed by atoms with Crippen LogP contribution in [0.25, 0.3) is 0 Å². The molecule has 5 heteroatoms. The third-order valence-corrected chi connectivity index (χ3v) is 5.15. The van der Waals surface area contributed by atoms with E-state index in [1.165, 1.54) is 0 Å². The molecule has 0 aromatic heterocycles. The first-order chi connectivity index (χ1) is 5.81. The van der Waals surface area contributed by atoms with Gasteiger partial charge in [0.25, 0.3) is 0 Å². The number of rotatable bonds is 4. The zero-order valence-corrected chi connectivity index (χ0v) is 13.0. The second-order valence-electron chi connectivity index (χ2n) is 3.77. The van der Waals surface area contributed by atoms with Crippen molar-refractivity contribution in [1.29, 1.82) is 0 Å². The molecule has 78 valence electrons. The summed E-state index contributed by atoms with van der Waals surface area (Å²) in [5, 5.41) is 0.615. The molecule has 0 aliphatic rings. The molecule has 1 atom stereocenters. The normalized spacial score (nSPS) is 14.8. The summed E-state index contributed by atoms with van der Waals surface area (Å²) in [7, 11) is -0.475. The molecule has 0 heterocycles. The molecule has 0 saturated carbocycles. The minimum Gasteiger partial charge on any atom is -0.474 e. The zero-order chi connectivity index (χ0) is 10.5. The molecule has 0 bridgehead atoms. The van der Waals surface area contributed by atoms with E-state index >= 15 is 0 Å². The maximum Gasteiger partial charge on any atom is 0.166 e. The second kappa shape index (κ2) is 6.31. The topological polar surface area (TPSA) is 18.5 Å². The highest BCUT2D eigenvalue weighted by atomic mass is 127. The molecule has 0 aromatic rings. The van der Waals surface area contributed by atoms with E-state index in [4.69, 9.17) is 21.4 Å². The highest BCUT2D eigenvalue weighted by Gasteiger charge is 2.12. The third-order valence-electron chi connectivity index (χ3n) is 1.17. The molecule has 1 unspecified atom stereocenters. The molecule has 0 radical (unpaired) electrons. The largest absolute Gasteiger partial charge is 0.474 e. The number of ether oxygens (including phenoxy) is 1. The number of hydrogen-bond acceptors (Lipinski definition) is 3. The van der Waals surface area contributed by atoms with Crippen molar-refractivity contribution in [2.45, 2.75) is 43.5 Å². The summed E-state index contributed by atoms with van der Waals surface area (Å²) in [6.45, 7) is 8.03. The van der Waals surface area contributed by atoms with E-state index in [1.54, 1.807) is 6.92 Å². The Balaban J connectivity index is 3.48. The molecule has 0 fully saturated rings. The van der Waals surface area contributed by atoms with Crippen molar-refractivity contribution in [2.75, 3.05) is 0 Å². The van der Waals surface area contributed by atoms with Crippen LogP contribution in [0.3, 0.4) is 0 Å². The fourth-order valence-corrected chi connectivity index (χ4v) is 3.16. The zero-order valence-electron chi connectivity index (χ0n) is 8.59. The van der Waals surface area contributed by atoms with Crippen LogP contribution in [0.15, 0.2) is 0 Å². The summed E-state index contributed by atoms with van der Waals surface area (Å²) in [6, 6.07) is 1.01. The molecule has 13 heavy (non-hydrogen) atoms. The first-order valence-electron chi connectivity index (χ1n) is 4.26. The molecule has 0 N–H and O–H groups in total. The SMILES string of the molecule is CC(=S)OC(I)C[SiH2]OC(C)(C)C. The number of halogens is 1. The van der Waals surface area contributed by atoms with Crippen LogP contribution in [0, 0.1) is 0 Å². The Hall–Kier alpha value is 0.797. The monoisotopic (exact) mass is 332 g/mol. The van der Waals surface area contributed by atoms with Crippen LogP contribution in [0.5, 0.6) is 0 Å². The summed E-state index contributed by atoms with van der Waals surface area (Å²) in [4.78, 5) is 0. The van der Waals surface area contributed by atoms with Gasteiger partial charge < -0.3 is 9.16 Å². The van der Waals surface area contributed by atoms with Crippen LogP contribution in [-0.2, 0) is 9.16 Å². The maximum atomic E-state index is 5.69. The van der Waals surface area contributed by atoms with Crippen LogP contribution in [-0.4, -0.2) is 24.5 Å². The van der Waals surface area contributed by atoms with Crippen molar-refractivity contribution in [3.63, 3.8) is 0 Å². The van der Waals surface area contributed by atoms with Gasteiger partial charge in [-0.2, -0.15) is 0 Å². The van der Waals surface area contributed by atoms with Crippen molar-refractivity contribution < 1.29 is 9.16 Å². The van der Waals surface area contributed by atoms with Gasteiger partial charge in [-0.25, -0.2) is 0 Å². The Bertz CT molecular complexity index is 170. The van der Waals surface area contributed by atoms with Gasteiger partial charge in [-0.1, -0.05) is 0 Å². The third kappa shape index (κ3) is 10.7. The minimum atomic E-state index is -0.475. The van der Waals surface area contributed by atoms with E-state index in [0.717, 1.165) is 6.04 Å². The Kier molecular flexibility index (Phi) is 6.70. The summed E-state index contributed by atoms with van der Waals surface area (Å²) in [5.74, 6) is 0. The van der Waals surface area contributed by atoms with E-state index in [9.17, 15) is 0 Å². The van der Waals surface area contributed by atoms with Crippen LogP contribution < -0.4 is 0 Å². The van der Waals surface area contributed by atoms with Crippen molar-refractivity contribution in [1.82, 2.24) is 0 Å². The quantitative estimate of drug-likeness (QED) is 0.341. The van der Waals surface area contributed by atoms with E-state index in [0.29, 0.717) is 5.05 Å². The van der Waals surface area contributed by atoms with Crippen molar-refractivity contribution in [2.24, 2.45) is 0 Å². The van der Waals surface area contributed by atoms with E-state index in [2.05, 4.69) is 43.4 Å². The predicted octanol–water partition coefficient (Wildman–Crippen LogP) is 2.43. The first kappa shape index (κ1) is 13.8. The summed E-state index contributed by atoms with van der Waals surface area (Å²) in [5.41, 5.74) is -0.00466. The smallest absolute Gasteiger partial charge is 0.166 e. The summed E-state index contributed by atoms with van der Waals surface area (Å²) in [6.07, 6.45) is 0. The summed E-state index contributed by atoms with van der Waals surface area (Å²) >= 11 is 7.10. The lowest BCUT2D eigenvalue weighted by Gasteiger charge is -2.21. The van der Waals surface area contributed by atoms with Crippen LogP contribution in [0.1, 0.15) is 27.7 Å². The molecule has 0 spiro atoms. The van der Waals surface area contributed by atoms with Crippen molar-refractivity contribution in [3.8, 4) is 0 Å². The lowest BCUT2D eigenvalue weighted by atomic mass is 10.2. The van der Waals surface area contributed by atoms with Crippen molar-refractivity contribution >= 4 is 49.6 Å². The average molecular weight is 332 g/mol. The molecular formula is C8H17IO2SSi. The standard InChI is InChI=1S/C8H17IO2SSi/c1-6(12)10-7(9)5-13-11-8(2,3)4/h7H,5,13H2,1-4H3. The fourth-order valence-electron chi connectivity index (χ4n) is 0.697. The van der Waals surface area contributed by atoms with Gasteiger partial charge in [-0.3, -0.25) is 0 Å². The van der Waals surface area contributed by atoms with Gasteiger partial charge in [0.1, 0.15) is 4.11 Å². The highest BCUT2D eigenvalue weighted by molar-refractivity contribution is 14.1. The molecule has 0 rings (SSSR count). The molecule has 0 amide bonds. The van der Waals surface area contributed by atoms with Gasteiger partial charge in [0.05, 0.1) is 0 Å². The molecule has 2 nitrogen and oxygen atoms in total. The van der Waals surface area contributed by atoms with Gasteiger partial charge in [-0.05, 0) is 55.6 Å². The number of thiocarbonyl (C=S) groups is 1. The number of alkyl halides is 1. The van der Waals surface area contributed by atoms with Crippen LogP contribution in [0.2, 0.25) is 6.04 Å². The lowest BCUT2D eigenvalue weighted by Crippen LogP contribution is -2.23. The van der Waals surface area contributed by atoms with E-state index < -0.39 is 9.76 Å². The summed E-state index contributed by atoms with van der Waals surface area (Å²) < 4.78 is 11.2. The second-order valence-corrected chi connectivity index (χ2v) is 7.01. The Labute approximate surface area is 102 Å². The number of hydrogen-bond donors (Lipinski definition) is 0. The van der Waals surface area contributed by atoms with Gasteiger partial charge in [0.2, 0.25) is 0 Å². The van der Waals surface area contributed by atoms with E-state index in [1.807, 2.05) is 0 Å². The van der Waals surface area contributed by atoms with Crippen LogP contribution in [0.4, 0.5) is 0 Å². The fraction of sp³-hybridized carbons (Fsp3) is 0.875. The van der Waals surface area contributed by atoms with Gasteiger partial charge in [0.15, 0.2) is 14.8 Å². The van der Waals surface area contributed by atoms with Gasteiger partial charge in [-0.15, -0.1) is 0 Å². The maximum absolute atomic E-state index is 5.69. The van der Waals surface area contributed by atoms with Crippen LogP contribution >= 0.6 is 34.8 Å². The Morgan fingerprint density at radius 2 is 2.08 bits per heavy atom. The minimum absolute atomic E-state index is 0.00466. The van der Waals surface area contributed by atoms with Gasteiger partial charge in [0, 0.05) is 18.6 Å². The molecule has 0 aromatic carbocycles. The highest BCUT2D eigenvalue weighted by Crippen LogP contribution is 2.12. The molecule has 0 saturated heterocycles. The van der Waals surface area contributed by atoms with E-state index in [-0.39, 0.29) is 9.71 Å². The first-order valence-corrected chi connectivity index (χ1v) is 7.49. The lowest BCUT2D eigenvalue weighted by molar-refractivity contribution is 0.136. The molecular weight excluding hydrogens is 315 g/mol. The molecule has 0 aliphatic carbocycles. The van der Waals surface area contributed by atoms with Gasteiger partial charge >= 0.3 is 0 Å². The molecule has 0 aliphatic heterocycles.